The van der Waals surface area contributed by atoms with Gasteiger partial charge in [0, 0.05) is 36.1 Å². The Morgan fingerprint density at radius 1 is 1.25 bits per heavy atom. The number of para-hydroxylation sites is 1. The predicted octanol–water partition coefficient (Wildman–Crippen LogP) is 3.71. The van der Waals surface area contributed by atoms with Gasteiger partial charge in [-0.15, -0.1) is 0 Å². The van der Waals surface area contributed by atoms with Crippen LogP contribution in [0.3, 0.4) is 0 Å². The lowest BCUT2D eigenvalue weighted by Gasteiger charge is -2.37. The van der Waals surface area contributed by atoms with Crippen molar-refractivity contribution >= 4 is 28.1 Å². The van der Waals surface area contributed by atoms with Crippen molar-refractivity contribution in [2.75, 3.05) is 19.8 Å². The topological polar surface area (TPSA) is 54.1 Å². The average molecular weight is 340 g/mol. The molecule has 4 nitrogen and oxygen atoms in total. The zero-order chi connectivity index (χ0) is 16.4. The summed E-state index contributed by atoms with van der Waals surface area (Å²) in [6.07, 6.45) is 1.88. The molecule has 0 unspecified atom stereocenters. The first kappa shape index (κ1) is 15.4. The van der Waals surface area contributed by atoms with Gasteiger partial charge in [-0.1, -0.05) is 18.2 Å². The van der Waals surface area contributed by atoms with Crippen LogP contribution in [0.15, 0.2) is 47.2 Å². The van der Waals surface area contributed by atoms with E-state index in [4.69, 9.17) is 4.74 Å². The van der Waals surface area contributed by atoms with E-state index >= 15 is 0 Å². The summed E-state index contributed by atoms with van der Waals surface area (Å²) in [5, 5.41) is 8.49. The number of hydrogen-bond donors (Lipinski definition) is 2. The molecule has 0 radical (unpaired) electrons. The van der Waals surface area contributed by atoms with Crippen LogP contribution >= 0.6 is 11.3 Å². The molecule has 1 saturated heterocycles. The third kappa shape index (κ3) is 2.85. The fourth-order valence-electron chi connectivity index (χ4n) is 3.44. The Morgan fingerprint density at radius 3 is 2.83 bits per heavy atom. The van der Waals surface area contributed by atoms with Crippen LogP contribution in [0.1, 0.15) is 28.9 Å². The fourth-order valence-corrected chi connectivity index (χ4v) is 4.22. The van der Waals surface area contributed by atoms with Gasteiger partial charge in [0.05, 0.1) is 0 Å². The van der Waals surface area contributed by atoms with Crippen LogP contribution in [0.2, 0.25) is 0 Å². The van der Waals surface area contributed by atoms with Crippen molar-refractivity contribution in [3.63, 3.8) is 0 Å². The number of carbonyl (C=O) groups excluding carboxylic acids is 1. The number of amides is 1. The zero-order valence-corrected chi connectivity index (χ0v) is 14.2. The van der Waals surface area contributed by atoms with Crippen molar-refractivity contribution in [1.29, 1.82) is 0 Å². The van der Waals surface area contributed by atoms with Gasteiger partial charge in [0.1, 0.15) is 5.69 Å². The highest BCUT2D eigenvalue weighted by Gasteiger charge is 2.35. The van der Waals surface area contributed by atoms with E-state index in [2.05, 4.69) is 27.1 Å². The summed E-state index contributed by atoms with van der Waals surface area (Å²) in [7, 11) is 0. The summed E-state index contributed by atoms with van der Waals surface area (Å²) in [4.78, 5) is 15.8. The monoisotopic (exact) mass is 340 g/mol. The minimum absolute atomic E-state index is 0.0140. The van der Waals surface area contributed by atoms with E-state index in [1.807, 2.05) is 30.3 Å². The van der Waals surface area contributed by atoms with Crippen molar-refractivity contribution in [2.24, 2.45) is 0 Å². The van der Waals surface area contributed by atoms with E-state index in [0.29, 0.717) is 12.2 Å². The van der Waals surface area contributed by atoms with Crippen LogP contribution in [0.4, 0.5) is 0 Å². The predicted molar refractivity (Wildman–Crippen MR) is 96.7 cm³/mol. The van der Waals surface area contributed by atoms with E-state index < -0.39 is 0 Å². The molecular weight excluding hydrogens is 320 g/mol. The van der Waals surface area contributed by atoms with Crippen LogP contribution in [0, 0.1) is 0 Å². The van der Waals surface area contributed by atoms with Crippen molar-refractivity contribution in [1.82, 2.24) is 10.3 Å². The van der Waals surface area contributed by atoms with E-state index in [9.17, 15) is 4.79 Å². The van der Waals surface area contributed by atoms with Gasteiger partial charge in [-0.05, 0) is 47.4 Å². The van der Waals surface area contributed by atoms with Crippen molar-refractivity contribution < 1.29 is 9.53 Å². The standard InChI is InChI=1S/C19H20N2O2S/c22-18(17-11-14-3-1-2-4-16(14)21-17)20-13-19(6-8-23-9-7-19)15-5-10-24-12-15/h1-5,10-12,21H,6-9,13H2,(H,20,22). The van der Waals surface area contributed by atoms with Crippen LogP contribution in [0.5, 0.6) is 0 Å². The molecule has 0 spiro atoms. The normalized spacial score (nSPS) is 17.0. The second-order valence-electron chi connectivity index (χ2n) is 6.36. The highest BCUT2D eigenvalue weighted by atomic mass is 32.1. The molecule has 1 aromatic carbocycles. The third-order valence-corrected chi connectivity index (χ3v) is 5.63. The highest BCUT2D eigenvalue weighted by molar-refractivity contribution is 7.08. The summed E-state index contributed by atoms with van der Waals surface area (Å²) in [6.45, 7) is 2.14. The summed E-state index contributed by atoms with van der Waals surface area (Å²) >= 11 is 1.71. The number of aromatic nitrogens is 1. The fraction of sp³-hybridized carbons (Fsp3) is 0.316. The number of H-pyrrole nitrogens is 1. The molecule has 1 amide bonds. The van der Waals surface area contributed by atoms with E-state index in [1.165, 1.54) is 5.56 Å². The summed E-state index contributed by atoms with van der Waals surface area (Å²) in [5.74, 6) is -0.0488. The summed E-state index contributed by atoms with van der Waals surface area (Å²) in [6, 6.07) is 12.0. The van der Waals surface area contributed by atoms with Gasteiger partial charge in [0.25, 0.3) is 5.91 Å². The van der Waals surface area contributed by atoms with E-state index in [-0.39, 0.29) is 11.3 Å². The van der Waals surface area contributed by atoms with Crippen molar-refractivity contribution in [2.45, 2.75) is 18.3 Å². The molecule has 5 heteroatoms. The van der Waals surface area contributed by atoms with Crippen LogP contribution in [-0.4, -0.2) is 30.6 Å². The molecule has 1 aliphatic heterocycles. The molecule has 2 N–H and O–H groups in total. The molecule has 1 fully saturated rings. The van der Waals surface area contributed by atoms with Gasteiger partial charge in [0.2, 0.25) is 0 Å². The van der Waals surface area contributed by atoms with Gasteiger partial charge in [-0.3, -0.25) is 4.79 Å². The summed E-state index contributed by atoms with van der Waals surface area (Å²) in [5.41, 5.74) is 2.90. The maximum atomic E-state index is 12.6. The average Bonchev–Trinajstić information content (AvgIpc) is 3.30. The quantitative estimate of drug-likeness (QED) is 0.761. The molecule has 0 aliphatic carbocycles. The van der Waals surface area contributed by atoms with Gasteiger partial charge in [0.15, 0.2) is 0 Å². The Bertz CT molecular complexity index is 799. The lowest BCUT2D eigenvalue weighted by atomic mass is 9.75. The molecule has 3 aromatic rings. The molecule has 1 aliphatic rings. The van der Waals surface area contributed by atoms with E-state index in [1.54, 1.807) is 11.3 Å². The van der Waals surface area contributed by atoms with Gasteiger partial charge in [-0.25, -0.2) is 0 Å². The number of thiophene rings is 1. The first-order valence-corrected chi connectivity index (χ1v) is 9.18. The third-order valence-electron chi connectivity index (χ3n) is 4.95. The lowest BCUT2D eigenvalue weighted by molar-refractivity contribution is 0.0488. The van der Waals surface area contributed by atoms with Gasteiger partial charge < -0.3 is 15.0 Å². The van der Waals surface area contributed by atoms with Crippen molar-refractivity contribution in [3.8, 4) is 0 Å². The molecule has 24 heavy (non-hydrogen) atoms. The van der Waals surface area contributed by atoms with E-state index in [0.717, 1.165) is 37.0 Å². The number of fused-ring (bicyclic) bond motifs is 1. The van der Waals surface area contributed by atoms with Gasteiger partial charge in [-0.2, -0.15) is 11.3 Å². The minimum atomic E-state index is -0.0488. The van der Waals surface area contributed by atoms with Gasteiger partial charge >= 0.3 is 0 Å². The van der Waals surface area contributed by atoms with Crippen LogP contribution in [0.25, 0.3) is 10.9 Å². The zero-order valence-electron chi connectivity index (χ0n) is 13.4. The number of ether oxygens (including phenoxy) is 1. The van der Waals surface area contributed by atoms with Crippen LogP contribution < -0.4 is 5.32 Å². The maximum absolute atomic E-state index is 12.6. The Labute approximate surface area is 144 Å². The minimum Gasteiger partial charge on any atom is -0.381 e. The molecule has 0 saturated carbocycles. The number of aromatic amines is 1. The molecule has 3 heterocycles. The Morgan fingerprint density at radius 2 is 2.08 bits per heavy atom. The lowest BCUT2D eigenvalue weighted by Crippen LogP contribution is -2.44. The molecule has 4 rings (SSSR count). The number of hydrogen-bond acceptors (Lipinski definition) is 3. The molecule has 2 aromatic heterocycles. The Kier molecular flexibility index (Phi) is 4.12. The number of benzene rings is 1. The largest absolute Gasteiger partial charge is 0.381 e. The second-order valence-corrected chi connectivity index (χ2v) is 7.14. The first-order valence-electron chi connectivity index (χ1n) is 8.23. The smallest absolute Gasteiger partial charge is 0.267 e. The molecule has 124 valence electrons. The number of rotatable bonds is 4. The Balaban J connectivity index is 1.52. The SMILES string of the molecule is O=C(NCC1(c2ccsc2)CCOCC1)c1cc2ccccc2[nH]1. The summed E-state index contributed by atoms with van der Waals surface area (Å²) < 4.78 is 5.54. The van der Waals surface area contributed by atoms with Crippen LogP contribution in [-0.2, 0) is 10.2 Å². The number of carbonyl (C=O) groups is 1. The Hall–Kier alpha value is -2.11. The number of nitrogens with one attached hydrogen (secondary N) is 2. The highest BCUT2D eigenvalue weighted by Crippen LogP contribution is 2.35. The maximum Gasteiger partial charge on any atom is 0.267 e. The second kappa shape index (κ2) is 6.42. The first-order chi connectivity index (χ1) is 11.8. The molecule has 0 atom stereocenters. The molecule has 0 bridgehead atoms. The van der Waals surface area contributed by atoms with Crippen molar-refractivity contribution in [3.05, 3.63) is 58.4 Å². The molecular formula is C19H20N2O2S.